The second-order valence-corrected chi connectivity index (χ2v) is 2.12. The van der Waals surface area contributed by atoms with E-state index in [1.54, 1.807) is 0 Å². The number of rotatable bonds is 0. The van der Waals surface area contributed by atoms with E-state index in [2.05, 4.69) is 0 Å². The average Bonchev–Trinajstić information content (AvgIpc) is 1.72. The van der Waals surface area contributed by atoms with Gasteiger partial charge in [0.25, 0.3) is 0 Å². The molecule has 0 aromatic carbocycles. The molecule has 0 amide bonds. The SMILES string of the molecule is O=[C]=[Mn](=[C]=O)=[C]=O. The summed E-state index contributed by atoms with van der Waals surface area (Å²) in [5, 5.41) is 0. The fourth-order valence-corrected chi connectivity index (χ4v) is 0.195. The van der Waals surface area contributed by atoms with Crippen molar-refractivity contribution in [2.24, 2.45) is 0 Å². The summed E-state index contributed by atoms with van der Waals surface area (Å²) < 4.78 is 0. The molecular formula is C3MnO3. The minimum absolute atomic E-state index is 1.21. The molecule has 0 aromatic rings. The molecule has 7 heavy (non-hydrogen) atoms. The van der Waals surface area contributed by atoms with Crippen molar-refractivity contribution in [3.8, 4) is 0 Å². The van der Waals surface area contributed by atoms with Crippen molar-refractivity contribution < 1.29 is 27.0 Å². The Hall–Kier alpha value is -0.741. The number of hydrogen-bond donors (Lipinski definition) is 0. The first-order chi connectivity index (χ1) is 3.35. The quantitative estimate of drug-likeness (QED) is 0.396. The van der Waals surface area contributed by atoms with Gasteiger partial charge in [0.1, 0.15) is 0 Å². The van der Waals surface area contributed by atoms with Crippen LogP contribution in [0.25, 0.3) is 0 Å². The van der Waals surface area contributed by atoms with E-state index in [1.165, 1.54) is 14.4 Å². The van der Waals surface area contributed by atoms with E-state index in [-0.39, 0.29) is 0 Å². The fourth-order valence-electron chi connectivity index (χ4n) is 0.0472. The Labute approximate surface area is 42.1 Å². The predicted octanol–water partition coefficient (Wildman–Crippen LogP) is -1.19. The summed E-state index contributed by atoms with van der Waals surface area (Å²) in [6.45, 7) is 0. The molecule has 0 N–H and O–H groups in total. The zero-order valence-electron chi connectivity index (χ0n) is 3.10. The Morgan fingerprint density at radius 1 is 0.857 bits per heavy atom. The normalized spacial score (nSPS) is 5.14. The minimum atomic E-state index is -2.30. The van der Waals surface area contributed by atoms with Gasteiger partial charge in [0, 0.05) is 0 Å². The molecule has 0 aliphatic carbocycles. The van der Waals surface area contributed by atoms with Gasteiger partial charge in [-0.3, -0.25) is 0 Å². The van der Waals surface area contributed by atoms with Gasteiger partial charge in [-0.15, -0.1) is 0 Å². The van der Waals surface area contributed by atoms with E-state index in [1.807, 2.05) is 0 Å². The van der Waals surface area contributed by atoms with Gasteiger partial charge in [0.15, 0.2) is 0 Å². The topological polar surface area (TPSA) is 51.2 Å². The van der Waals surface area contributed by atoms with Crippen LogP contribution < -0.4 is 0 Å². The van der Waals surface area contributed by atoms with Gasteiger partial charge in [-0.1, -0.05) is 0 Å². The van der Waals surface area contributed by atoms with Crippen LogP contribution in [0.15, 0.2) is 0 Å². The Morgan fingerprint density at radius 3 is 1.14 bits per heavy atom. The molecule has 0 rings (SSSR count). The van der Waals surface area contributed by atoms with E-state index in [0.717, 1.165) is 0 Å². The first kappa shape index (κ1) is 6.26. The second kappa shape index (κ2) is 3.45. The molecule has 0 unspecified atom stereocenters. The molecule has 0 atom stereocenters. The van der Waals surface area contributed by atoms with E-state index in [4.69, 9.17) is 0 Å². The summed E-state index contributed by atoms with van der Waals surface area (Å²) in [6, 6.07) is 0. The van der Waals surface area contributed by atoms with Gasteiger partial charge in [-0.2, -0.15) is 0 Å². The standard InChI is InChI=1S/3CO.Mn/c3*1-2;. The van der Waals surface area contributed by atoms with Crippen LogP contribution in [0.4, 0.5) is 0 Å². The first-order valence-electron chi connectivity index (χ1n) is 1.18. The maximum atomic E-state index is 9.36. The van der Waals surface area contributed by atoms with E-state index in [0.29, 0.717) is 0 Å². The van der Waals surface area contributed by atoms with Crippen LogP contribution in [0.1, 0.15) is 0 Å². The third kappa shape index (κ3) is 2.02. The summed E-state index contributed by atoms with van der Waals surface area (Å²) in [5.41, 5.74) is 0. The van der Waals surface area contributed by atoms with Gasteiger partial charge in [-0.25, -0.2) is 0 Å². The van der Waals surface area contributed by atoms with Gasteiger partial charge in [-0.05, 0) is 0 Å². The van der Waals surface area contributed by atoms with Crippen LogP contribution in [0.5, 0.6) is 0 Å². The van der Waals surface area contributed by atoms with Gasteiger partial charge < -0.3 is 0 Å². The molecule has 0 saturated heterocycles. The molecule has 0 heterocycles. The van der Waals surface area contributed by atoms with E-state index >= 15 is 0 Å². The van der Waals surface area contributed by atoms with Crippen molar-refractivity contribution in [1.29, 1.82) is 0 Å². The molecule has 37 valence electrons. The molecule has 0 aliphatic rings. The summed E-state index contributed by atoms with van der Waals surface area (Å²) >= 11 is -2.30. The molecule has 0 bridgehead atoms. The van der Waals surface area contributed by atoms with Crippen molar-refractivity contribution in [2.75, 3.05) is 0 Å². The van der Waals surface area contributed by atoms with Crippen LogP contribution in [-0.2, 0) is 27.0 Å². The summed E-state index contributed by atoms with van der Waals surface area (Å²) in [6.07, 6.45) is 0. The third-order valence-corrected chi connectivity index (χ3v) is 0.954. The molecule has 0 fully saturated rings. The van der Waals surface area contributed by atoms with Crippen molar-refractivity contribution in [3.05, 3.63) is 0 Å². The summed E-state index contributed by atoms with van der Waals surface area (Å²) in [5.74, 6) is 0. The van der Waals surface area contributed by atoms with Crippen LogP contribution in [0.3, 0.4) is 0 Å². The summed E-state index contributed by atoms with van der Waals surface area (Å²) in [7, 11) is 0. The van der Waals surface area contributed by atoms with Crippen LogP contribution in [-0.4, -0.2) is 14.4 Å². The predicted molar refractivity (Wildman–Crippen MR) is 17.1 cm³/mol. The summed E-state index contributed by atoms with van der Waals surface area (Å²) in [4.78, 5) is 31.7. The Balaban J connectivity index is 5.98. The second-order valence-electron chi connectivity index (χ2n) is 0.515. The molecule has 3 nitrogen and oxygen atoms in total. The Morgan fingerprint density at radius 2 is 1.14 bits per heavy atom. The van der Waals surface area contributed by atoms with Gasteiger partial charge >= 0.3 is 41.3 Å². The first-order valence-corrected chi connectivity index (χ1v) is 2.95. The van der Waals surface area contributed by atoms with Crippen LogP contribution in [0.2, 0.25) is 0 Å². The van der Waals surface area contributed by atoms with Crippen molar-refractivity contribution in [3.63, 3.8) is 0 Å². The van der Waals surface area contributed by atoms with Crippen molar-refractivity contribution in [2.45, 2.75) is 0 Å². The van der Waals surface area contributed by atoms with Crippen molar-refractivity contribution in [1.82, 2.24) is 0 Å². The Kier molecular flexibility index (Phi) is 3.08. The van der Waals surface area contributed by atoms with Crippen molar-refractivity contribution >= 4 is 14.4 Å². The van der Waals surface area contributed by atoms with Crippen LogP contribution >= 0.6 is 0 Å². The monoisotopic (exact) mass is 139 g/mol. The number of hydrogen-bond acceptors (Lipinski definition) is 3. The van der Waals surface area contributed by atoms with Gasteiger partial charge in [0.2, 0.25) is 0 Å². The molecule has 0 aromatic heterocycles. The fraction of sp³-hybridized carbons (Fsp3) is 0. The average molecular weight is 139 g/mol. The molecule has 0 radical (unpaired) electrons. The zero-order valence-corrected chi connectivity index (χ0v) is 4.28. The maximum absolute atomic E-state index is 9.36. The molecule has 0 saturated carbocycles. The molecule has 0 aliphatic heterocycles. The van der Waals surface area contributed by atoms with Crippen LogP contribution in [0, 0.1) is 0 Å². The van der Waals surface area contributed by atoms with Gasteiger partial charge in [0.05, 0.1) is 0 Å². The molecule has 0 spiro atoms. The molecular weight excluding hydrogens is 139 g/mol. The zero-order chi connectivity index (χ0) is 5.70. The Bertz CT molecular complexity index is 209. The van der Waals surface area contributed by atoms with E-state index in [9.17, 15) is 14.4 Å². The number of carbonyl (C=O) groups excluding carboxylic acids is 3. The molecule has 4 heteroatoms. The van der Waals surface area contributed by atoms with E-state index < -0.39 is 12.6 Å². The third-order valence-electron chi connectivity index (χ3n) is 0.231.